The molecular formula is C16H18F3N5O3S. The smallest absolute Gasteiger partial charge is 0.335 e. The minimum atomic E-state index is -4.51. The molecule has 0 aliphatic carbocycles. The van der Waals surface area contributed by atoms with Crippen LogP contribution in [0.25, 0.3) is 0 Å². The van der Waals surface area contributed by atoms with Crippen LogP contribution in [-0.2, 0) is 16.2 Å². The number of carbonyl (C=O) groups is 1. The number of aromatic nitrogens is 2. The lowest BCUT2D eigenvalue weighted by molar-refractivity contribution is -0.137. The average Bonchev–Trinajstić information content (AvgIpc) is 3.06. The molecule has 1 aliphatic heterocycles. The van der Waals surface area contributed by atoms with Crippen molar-refractivity contribution in [3.05, 3.63) is 42.4 Å². The number of benzene rings is 1. The van der Waals surface area contributed by atoms with E-state index in [-0.39, 0.29) is 36.9 Å². The van der Waals surface area contributed by atoms with Gasteiger partial charge in [0.1, 0.15) is 0 Å². The number of aromatic amines is 1. The average molecular weight is 417 g/mol. The summed E-state index contributed by atoms with van der Waals surface area (Å²) in [6.45, 7) is 0.671. The second-order valence-electron chi connectivity index (χ2n) is 6.17. The van der Waals surface area contributed by atoms with Crippen molar-refractivity contribution in [2.24, 2.45) is 0 Å². The van der Waals surface area contributed by atoms with E-state index in [9.17, 15) is 26.4 Å². The van der Waals surface area contributed by atoms with Crippen molar-refractivity contribution in [1.29, 1.82) is 0 Å². The number of carbonyl (C=O) groups excluding carboxylic acids is 1. The number of H-pyrrole nitrogens is 1. The summed E-state index contributed by atoms with van der Waals surface area (Å²) >= 11 is 0. The molecule has 0 unspecified atom stereocenters. The minimum Gasteiger partial charge on any atom is -0.335 e. The summed E-state index contributed by atoms with van der Waals surface area (Å²) in [6.07, 6.45) is -1.65. The Bertz CT molecular complexity index is 931. The third-order valence-corrected chi connectivity index (χ3v) is 6.10. The number of urea groups is 1. The monoisotopic (exact) mass is 417 g/mol. The molecule has 1 fully saturated rings. The zero-order valence-corrected chi connectivity index (χ0v) is 15.4. The van der Waals surface area contributed by atoms with Crippen LogP contribution in [0, 0.1) is 0 Å². The minimum absolute atomic E-state index is 0.0195. The molecule has 1 aromatic carbocycles. The van der Waals surface area contributed by atoms with Gasteiger partial charge in [0.15, 0.2) is 5.03 Å². The molecule has 2 aromatic rings. The number of sulfonamides is 1. The maximum atomic E-state index is 12.8. The number of hydrogen-bond acceptors (Lipinski definition) is 4. The Morgan fingerprint density at radius 3 is 2.64 bits per heavy atom. The van der Waals surface area contributed by atoms with Gasteiger partial charge in [-0.2, -0.15) is 17.5 Å². The summed E-state index contributed by atoms with van der Waals surface area (Å²) in [5.41, 5.74) is -0.844. The molecule has 8 nitrogen and oxygen atoms in total. The Balaban J connectivity index is 1.65. The first kappa shape index (κ1) is 20.1. The molecule has 0 bridgehead atoms. The molecule has 2 amide bonds. The van der Waals surface area contributed by atoms with E-state index in [1.54, 1.807) is 0 Å². The lowest BCUT2D eigenvalue weighted by Gasteiger charge is -2.22. The van der Waals surface area contributed by atoms with Gasteiger partial charge < -0.3 is 15.2 Å². The van der Waals surface area contributed by atoms with Gasteiger partial charge in [-0.05, 0) is 24.6 Å². The predicted octanol–water partition coefficient (Wildman–Crippen LogP) is 2.36. The standard InChI is InChI=1S/C16H18F3N5O3S/c17-16(18,19)12-3-1-4-13(9-12)22-15(25)23-5-2-6-24(8-7-23)28(26,27)14-10-20-11-21-14/h1,3-4,9-11H,2,5-8H2,(H,20,21)(H,22,25). The van der Waals surface area contributed by atoms with Crippen molar-refractivity contribution in [3.63, 3.8) is 0 Å². The maximum absolute atomic E-state index is 12.8. The van der Waals surface area contributed by atoms with E-state index in [0.29, 0.717) is 6.42 Å². The first-order chi connectivity index (χ1) is 13.2. The summed E-state index contributed by atoms with van der Waals surface area (Å²) in [5, 5.41) is 2.40. The Hall–Kier alpha value is -2.60. The molecule has 0 atom stereocenters. The Morgan fingerprint density at radius 1 is 1.18 bits per heavy atom. The van der Waals surface area contributed by atoms with Crippen LogP contribution in [0.1, 0.15) is 12.0 Å². The highest BCUT2D eigenvalue weighted by Gasteiger charge is 2.31. The molecular weight excluding hydrogens is 399 g/mol. The maximum Gasteiger partial charge on any atom is 0.416 e. The molecule has 28 heavy (non-hydrogen) atoms. The van der Waals surface area contributed by atoms with E-state index in [1.165, 1.54) is 33.9 Å². The van der Waals surface area contributed by atoms with Crippen LogP contribution in [0.3, 0.4) is 0 Å². The van der Waals surface area contributed by atoms with E-state index in [2.05, 4.69) is 15.3 Å². The number of nitrogens with zero attached hydrogens (tertiary/aromatic N) is 3. The molecule has 2 N–H and O–H groups in total. The number of rotatable bonds is 3. The SMILES string of the molecule is O=C(Nc1cccc(C(F)(F)F)c1)N1CCCN(S(=O)(=O)c2cnc[nH]2)CC1. The molecule has 1 aliphatic rings. The second-order valence-corrected chi connectivity index (χ2v) is 8.08. The van der Waals surface area contributed by atoms with Gasteiger partial charge in [-0.1, -0.05) is 6.07 Å². The summed E-state index contributed by atoms with van der Waals surface area (Å²) in [5.74, 6) is 0. The number of amides is 2. The van der Waals surface area contributed by atoms with Gasteiger partial charge in [0.2, 0.25) is 0 Å². The zero-order chi connectivity index (χ0) is 20.4. The van der Waals surface area contributed by atoms with Crippen LogP contribution in [0.5, 0.6) is 0 Å². The quantitative estimate of drug-likeness (QED) is 0.801. The summed E-state index contributed by atoms with van der Waals surface area (Å²) in [4.78, 5) is 20.1. The van der Waals surface area contributed by atoms with Crippen molar-refractivity contribution in [2.75, 3.05) is 31.5 Å². The Morgan fingerprint density at radius 2 is 1.96 bits per heavy atom. The van der Waals surface area contributed by atoms with Gasteiger partial charge in [-0.25, -0.2) is 18.2 Å². The van der Waals surface area contributed by atoms with E-state index in [4.69, 9.17) is 0 Å². The van der Waals surface area contributed by atoms with Crippen molar-refractivity contribution in [3.8, 4) is 0 Å². The topological polar surface area (TPSA) is 98.4 Å². The lowest BCUT2D eigenvalue weighted by Crippen LogP contribution is -2.39. The molecule has 2 heterocycles. The first-order valence-electron chi connectivity index (χ1n) is 8.39. The van der Waals surface area contributed by atoms with Crippen molar-refractivity contribution in [2.45, 2.75) is 17.6 Å². The molecule has 1 aromatic heterocycles. The van der Waals surface area contributed by atoms with E-state index >= 15 is 0 Å². The summed E-state index contributed by atoms with van der Waals surface area (Å²) in [7, 11) is -3.74. The van der Waals surface area contributed by atoms with Crippen molar-refractivity contribution in [1.82, 2.24) is 19.2 Å². The van der Waals surface area contributed by atoms with Gasteiger partial charge in [0, 0.05) is 31.9 Å². The van der Waals surface area contributed by atoms with Gasteiger partial charge in [0.25, 0.3) is 10.0 Å². The Kier molecular flexibility index (Phi) is 5.61. The highest BCUT2D eigenvalue weighted by molar-refractivity contribution is 7.89. The van der Waals surface area contributed by atoms with Gasteiger partial charge in [-0.3, -0.25) is 0 Å². The van der Waals surface area contributed by atoms with E-state index in [0.717, 1.165) is 12.1 Å². The molecule has 152 valence electrons. The third kappa shape index (κ3) is 4.44. The van der Waals surface area contributed by atoms with Crippen LogP contribution in [0.15, 0.2) is 41.8 Å². The number of nitrogens with one attached hydrogen (secondary N) is 2. The number of alkyl halides is 3. The largest absolute Gasteiger partial charge is 0.416 e. The van der Waals surface area contributed by atoms with Crippen LogP contribution in [-0.4, -0.2) is 59.8 Å². The predicted molar refractivity (Wildman–Crippen MR) is 94.0 cm³/mol. The van der Waals surface area contributed by atoms with Gasteiger partial charge in [-0.15, -0.1) is 0 Å². The summed E-state index contributed by atoms with van der Waals surface area (Å²) in [6, 6.07) is 3.75. The second kappa shape index (κ2) is 7.80. The normalized spacial score (nSPS) is 16.6. The Labute approximate surface area is 159 Å². The molecule has 1 saturated heterocycles. The van der Waals surface area contributed by atoms with Crippen LogP contribution in [0.2, 0.25) is 0 Å². The number of imidazole rings is 1. The highest BCUT2D eigenvalue weighted by Crippen LogP contribution is 2.30. The number of halogens is 3. The van der Waals surface area contributed by atoms with Gasteiger partial charge >= 0.3 is 12.2 Å². The summed E-state index contributed by atoms with van der Waals surface area (Å²) < 4.78 is 64.7. The van der Waals surface area contributed by atoms with E-state index < -0.39 is 27.8 Å². The number of hydrogen-bond donors (Lipinski definition) is 2. The molecule has 0 radical (unpaired) electrons. The third-order valence-electron chi connectivity index (χ3n) is 4.27. The van der Waals surface area contributed by atoms with Crippen molar-refractivity contribution >= 4 is 21.7 Å². The van der Waals surface area contributed by atoms with Crippen LogP contribution < -0.4 is 5.32 Å². The lowest BCUT2D eigenvalue weighted by atomic mass is 10.2. The fraction of sp³-hybridized carbons (Fsp3) is 0.375. The van der Waals surface area contributed by atoms with Gasteiger partial charge in [0.05, 0.1) is 18.1 Å². The van der Waals surface area contributed by atoms with Crippen LogP contribution >= 0.6 is 0 Å². The molecule has 3 rings (SSSR count). The van der Waals surface area contributed by atoms with Crippen molar-refractivity contribution < 1.29 is 26.4 Å². The highest BCUT2D eigenvalue weighted by atomic mass is 32.2. The van der Waals surface area contributed by atoms with E-state index in [1.807, 2.05) is 0 Å². The van der Waals surface area contributed by atoms with Crippen LogP contribution in [0.4, 0.5) is 23.7 Å². The molecule has 12 heteroatoms. The zero-order valence-electron chi connectivity index (χ0n) is 14.6. The fourth-order valence-electron chi connectivity index (χ4n) is 2.84. The molecule has 0 spiro atoms. The number of anilines is 1. The fourth-order valence-corrected chi connectivity index (χ4v) is 4.20. The molecule has 0 saturated carbocycles. The first-order valence-corrected chi connectivity index (χ1v) is 9.83.